The lowest BCUT2D eigenvalue weighted by Gasteiger charge is -2.12. The van der Waals surface area contributed by atoms with E-state index in [0.29, 0.717) is 22.8 Å². The molecule has 1 aromatic carbocycles. The lowest BCUT2D eigenvalue weighted by molar-refractivity contribution is -0.117. The predicted octanol–water partition coefficient (Wildman–Crippen LogP) is 2.06. The Morgan fingerprint density at radius 1 is 1.31 bits per heavy atom. The smallest absolute Gasteiger partial charge is 0.287 e. The van der Waals surface area contributed by atoms with Gasteiger partial charge in [0.05, 0.1) is 21.8 Å². The number of amides is 1. The third-order valence-corrected chi connectivity index (χ3v) is 7.31. The van der Waals surface area contributed by atoms with E-state index in [9.17, 15) is 18.0 Å². The molecule has 170 valence electrons. The molecule has 0 atom stereocenters. The van der Waals surface area contributed by atoms with Crippen molar-refractivity contribution in [3.63, 3.8) is 0 Å². The molecule has 2 heterocycles. The van der Waals surface area contributed by atoms with Crippen molar-refractivity contribution in [3.8, 4) is 0 Å². The zero-order valence-electron chi connectivity index (χ0n) is 16.6. The third-order valence-electron chi connectivity index (χ3n) is 4.24. The monoisotopic (exact) mass is 516 g/mol. The van der Waals surface area contributed by atoms with Crippen LogP contribution in [-0.2, 0) is 27.8 Å². The Kier molecular flexibility index (Phi) is 7.51. The van der Waals surface area contributed by atoms with E-state index in [0.717, 1.165) is 10.9 Å². The molecule has 0 saturated carbocycles. The number of carbonyl (C=O) groups excluding carboxylic acids is 1. The Balaban J connectivity index is 1.69. The highest BCUT2D eigenvalue weighted by molar-refractivity contribution is 7.89. The minimum absolute atomic E-state index is 0.0120. The van der Waals surface area contributed by atoms with Gasteiger partial charge in [0.25, 0.3) is 5.56 Å². The number of halogens is 2. The molecular weight excluding hydrogens is 499 g/mol. The van der Waals surface area contributed by atoms with E-state index in [1.165, 1.54) is 17.4 Å². The molecule has 10 nitrogen and oxygen atoms in total. The second-order valence-electron chi connectivity index (χ2n) is 6.62. The van der Waals surface area contributed by atoms with Crippen LogP contribution in [0.5, 0.6) is 0 Å². The summed E-state index contributed by atoms with van der Waals surface area (Å²) in [5.74, 6) is -0.598. The fourth-order valence-electron chi connectivity index (χ4n) is 2.69. The molecule has 0 bridgehead atoms. The zero-order valence-corrected chi connectivity index (χ0v) is 19.8. The summed E-state index contributed by atoms with van der Waals surface area (Å²) in [5.41, 5.74) is 6.29. The molecule has 2 aromatic heterocycles. The predicted molar refractivity (Wildman–Crippen MR) is 124 cm³/mol. The Morgan fingerprint density at radius 2 is 2.06 bits per heavy atom. The lowest BCUT2D eigenvalue weighted by atomic mass is 10.2. The number of sulfonamides is 1. The fourth-order valence-corrected chi connectivity index (χ4v) is 4.86. The molecule has 3 aromatic rings. The molecule has 0 spiro atoms. The molecule has 1 amide bonds. The van der Waals surface area contributed by atoms with Gasteiger partial charge in [-0.2, -0.15) is 5.10 Å². The molecule has 32 heavy (non-hydrogen) atoms. The van der Waals surface area contributed by atoms with Crippen molar-refractivity contribution in [3.05, 3.63) is 61.4 Å². The molecule has 14 heteroatoms. The van der Waals surface area contributed by atoms with Gasteiger partial charge in [-0.15, -0.1) is 11.3 Å². The number of benzene rings is 1. The number of hydrogen-bond donors (Lipinski definition) is 3. The molecule has 0 fully saturated rings. The Hall–Kier alpha value is -2.51. The topological polar surface area (TPSA) is 149 Å². The Bertz CT molecular complexity index is 1320. The number of aryl methyl sites for hydroxylation is 1. The van der Waals surface area contributed by atoms with Crippen LogP contribution >= 0.6 is 34.5 Å². The highest BCUT2D eigenvalue weighted by Crippen LogP contribution is 2.21. The average Bonchev–Trinajstić information content (AvgIpc) is 3.14. The number of thiazole rings is 1. The molecule has 3 rings (SSSR count). The highest BCUT2D eigenvalue weighted by atomic mass is 35.5. The van der Waals surface area contributed by atoms with Crippen molar-refractivity contribution < 1.29 is 13.2 Å². The van der Waals surface area contributed by atoms with Crippen LogP contribution in [0.1, 0.15) is 11.3 Å². The van der Waals surface area contributed by atoms with E-state index in [1.807, 2.05) is 0 Å². The first-order valence-corrected chi connectivity index (χ1v) is 12.2. The number of nitrogens with one attached hydrogen (secondary N) is 2. The number of nitrogens with two attached hydrogens (primary N) is 1. The van der Waals surface area contributed by atoms with Crippen molar-refractivity contribution in [1.82, 2.24) is 19.5 Å². The Morgan fingerprint density at radius 3 is 2.75 bits per heavy atom. The summed E-state index contributed by atoms with van der Waals surface area (Å²) in [6, 6.07) is 4.45. The van der Waals surface area contributed by atoms with Crippen LogP contribution in [0, 0.1) is 6.92 Å². The maximum Gasteiger partial charge on any atom is 0.287 e. The zero-order chi connectivity index (χ0) is 23.5. The van der Waals surface area contributed by atoms with E-state index in [4.69, 9.17) is 28.9 Å². The van der Waals surface area contributed by atoms with E-state index in [-0.39, 0.29) is 27.2 Å². The number of rotatable bonds is 8. The van der Waals surface area contributed by atoms with Crippen LogP contribution < -0.4 is 21.3 Å². The highest BCUT2D eigenvalue weighted by Gasteiger charge is 2.18. The van der Waals surface area contributed by atoms with Gasteiger partial charge >= 0.3 is 0 Å². The van der Waals surface area contributed by atoms with Gasteiger partial charge in [0.1, 0.15) is 11.6 Å². The van der Waals surface area contributed by atoms with Crippen molar-refractivity contribution in [1.29, 1.82) is 0 Å². The number of anilines is 2. The van der Waals surface area contributed by atoms with Gasteiger partial charge in [0, 0.05) is 24.0 Å². The van der Waals surface area contributed by atoms with Gasteiger partial charge in [-0.1, -0.05) is 29.3 Å². The maximum absolute atomic E-state index is 12.7. The second kappa shape index (κ2) is 9.96. The standard InChI is InChI=1S/C18H18Cl2N6O4S2/c1-10-2-3-11(24-15(27)8-26-17(28)16(20)13(19)7-22-26)6-14(10)32(29,30)23-5-4-12-9-31-18(21)25-12/h2-3,6-7,9,23H,4-5,8H2,1H3,(H2,21,25)(H,24,27). The average molecular weight is 517 g/mol. The fraction of sp³-hybridized carbons (Fsp3) is 0.222. The SMILES string of the molecule is Cc1ccc(NC(=O)Cn2ncc(Cl)c(Cl)c2=O)cc1S(=O)(=O)NCCc1csc(N)n1. The van der Waals surface area contributed by atoms with Crippen molar-refractivity contribution in [2.45, 2.75) is 24.8 Å². The van der Waals surface area contributed by atoms with Crippen LogP contribution in [0.4, 0.5) is 10.8 Å². The van der Waals surface area contributed by atoms with Gasteiger partial charge in [-0.3, -0.25) is 9.59 Å². The normalized spacial score (nSPS) is 11.5. The van der Waals surface area contributed by atoms with Gasteiger partial charge in [-0.05, 0) is 24.6 Å². The van der Waals surface area contributed by atoms with Gasteiger partial charge < -0.3 is 11.1 Å². The van der Waals surface area contributed by atoms with Crippen LogP contribution in [0.15, 0.2) is 39.5 Å². The summed E-state index contributed by atoms with van der Waals surface area (Å²) in [6.45, 7) is 1.34. The van der Waals surface area contributed by atoms with Crippen LogP contribution in [-0.4, -0.2) is 35.6 Å². The van der Waals surface area contributed by atoms with Gasteiger partial charge in [-0.25, -0.2) is 22.8 Å². The number of nitrogens with zero attached hydrogens (tertiary/aromatic N) is 3. The summed E-state index contributed by atoms with van der Waals surface area (Å²) in [6.07, 6.45) is 1.54. The lowest BCUT2D eigenvalue weighted by Crippen LogP contribution is -2.30. The van der Waals surface area contributed by atoms with Crippen molar-refractivity contribution in [2.75, 3.05) is 17.6 Å². The summed E-state index contributed by atoms with van der Waals surface area (Å²) in [4.78, 5) is 28.5. The summed E-state index contributed by atoms with van der Waals surface area (Å²) in [5, 5.41) is 8.22. The number of carbonyl (C=O) groups is 1. The van der Waals surface area contributed by atoms with E-state index < -0.39 is 28.0 Å². The second-order valence-corrected chi connectivity index (χ2v) is 10.0. The number of aromatic nitrogens is 3. The van der Waals surface area contributed by atoms with Gasteiger partial charge in [0.2, 0.25) is 15.9 Å². The molecular formula is C18H18Cl2N6O4S2. The maximum atomic E-state index is 12.7. The molecule has 0 saturated heterocycles. The summed E-state index contributed by atoms with van der Waals surface area (Å²) >= 11 is 12.8. The van der Waals surface area contributed by atoms with Crippen molar-refractivity contribution >= 4 is 61.3 Å². The minimum atomic E-state index is -3.85. The summed E-state index contributed by atoms with van der Waals surface area (Å²) < 4.78 is 28.8. The Labute approximate surface area is 197 Å². The molecule has 0 aliphatic heterocycles. The van der Waals surface area contributed by atoms with Crippen LogP contribution in [0.2, 0.25) is 10.0 Å². The minimum Gasteiger partial charge on any atom is -0.375 e. The molecule has 0 aliphatic carbocycles. The van der Waals surface area contributed by atoms with Crippen LogP contribution in [0.25, 0.3) is 0 Å². The van der Waals surface area contributed by atoms with Crippen molar-refractivity contribution in [2.24, 2.45) is 0 Å². The first-order chi connectivity index (χ1) is 15.1. The largest absolute Gasteiger partial charge is 0.375 e. The van der Waals surface area contributed by atoms with Gasteiger partial charge in [0.15, 0.2) is 5.13 Å². The molecule has 0 aliphatic rings. The first-order valence-electron chi connectivity index (χ1n) is 9.08. The van der Waals surface area contributed by atoms with E-state index in [2.05, 4.69) is 20.1 Å². The van der Waals surface area contributed by atoms with E-state index in [1.54, 1.807) is 24.4 Å². The quantitative estimate of drug-likeness (QED) is 0.414. The molecule has 0 unspecified atom stereocenters. The molecule has 0 radical (unpaired) electrons. The van der Waals surface area contributed by atoms with Crippen LogP contribution in [0.3, 0.4) is 0 Å². The van der Waals surface area contributed by atoms with E-state index >= 15 is 0 Å². The molecule has 4 N–H and O–H groups in total. The third kappa shape index (κ3) is 5.84. The summed E-state index contributed by atoms with van der Waals surface area (Å²) in [7, 11) is -3.85. The number of hydrogen-bond acceptors (Lipinski definition) is 8. The first kappa shape index (κ1) is 24.1. The number of nitrogen functional groups attached to an aromatic ring is 1.